The van der Waals surface area contributed by atoms with E-state index in [1.54, 1.807) is 19.9 Å². The van der Waals surface area contributed by atoms with E-state index >= 15 is 0 Å². The molecule has 7 nitrogen and oxygen atoms in total. The fraction of sp³-hybridized carbons (Fsp3) is 0.643. The Bertz CT molecular complexity index is 500. The molecule has 1 N–H and O–H groups in total. The van der Waals surface area contributed by atoms with Crippen LogP contribution in [0.25, 0.3) is 0 Å². The number of likely N-dealkylation sites (tertiary alicyclic amines) is 1. The average Bonchev–Trinajstić information content (AvgIpc) is 2.84. The highest BCUT2D eigenvalue weighted by atomic mass is 16.5. The molecule has 1 aliphatic heterocycles. The average molecular weight is 295 g/mol. The maximum Gasteiger partial charge on any atom is 0.310 e. The third kappa shape index (κ3) is 4.56. The number of ether oxygens (including phenoxy) is 1. The van der Waals surface area contributed by atoms with Crippen LogP contribution in [0.2, 0.25) is 0 Å². The maximum absolute atomic E-state index is 11.9. The van der Waals surface area contributed by atoms with Crippen LogP contribution >= 0.6 is 0 Å². The van der Waals surface area contributed by atoms with E-state index in [-0.39, 0.29) is 24.3 Å². The van der Waals surface area contributed by atoms with Crippen molar-refractivity contribution in [2.24, 2.45) is 5.92 Å². The van der Waals surface area contributed by atoms with E-state index in [0.717, 1.165) is 19.4 Å². The molecule has 1 aliphatic rings. The van der Waals surface area contributed by atoms with Crippen LogP contribution < -0.4 is 5.32 Å². The van der Waals surface area contributed by atoms with Crippen LogP contribution in [-0.2, 0) is 14.3 Å². The Morgan fingerprint density at radius 3 is 3.05 bits per heavy atom. The minimum Gasteiger partial charge on any atom is -0.466 e. The zero-order valence-electron chi connectivity index (χ0n) is 12.4. The second-order valence-electron chi connectivity index (χ2n) is 5.20. The predicted molar refractivity (Wildman–Crippen MR) is 75.7 cm³/mol. The Kier molecular flexibility index (Phi) is 5.32. The van der Waals surface area contributed by atoms with Crippen molar-refractivity contribution in [3.05, 3.63) is 11.8 Å². The number of carbonyl (C=O) groups is 2. The highest BCUT2D eigenvalue weighted by molar-refractivity contribution is 5.91. The minimum atomic E-state index is -0.172. The molecule has 0 bridgehead atoms. The summed E-state index contributed by atoms with van der Waals surface area (Å²) in [4.78, 5) is 25.7. The smallest absolute Gasteiger partial charge is 0.310 e. The molecule has 1 aromatic rings. The number of hydrogen-bond acceptors (Lipinski definition) is 6. The lowest BCUT2D eigenvalue weighted by atomic mass is 9.98. The molecule has 1 saturated heterocycles. The van der Waals surface area contributed by atoms with Crippen molar-refractivity contribution in [1.82, 2.24) is 10.1 Å². The van der Waals surface area contributed by atoms with Crippen molar-refractivity contribution in [3.8, 4) is 0 Å². The Balaban J connectivity index is 1.81. The lowest BCUT2D eigenvalue weighted by molar-refractivity contribution is -0.150. The number of piperidine rings is 1. The zero-order chi connectivity index (χ0) is 15.2. The first-order valence-corrected chi connectivity index (χ1v) is 7.20. The van der Waals surface area contributed by atoms with Crippen LogP contribution in [0.4, 0.5) is 5.82 Å². The first-order chi connectivity index (χ1) is 10.1. The van der Waals surface area contributed by atoms with Gasteiger partial charge in [-0.3, -0.25) is 14.5 Å². The number of amides is 1. The molecule has 2 rings (SSSR count). The summed E-state index contributed by atoms with van der Waals surface area (Å²) >= 11 is 0. The van der Waals surface area contributed by atoms with Crippen molar-refractivity contribution >= 4 is 17.7 Å². The van der Waals surface area contributed by atoms with Gasteiger partial charge in [0, 0.05) is 12.6 Å². The lowest BCUT2D eigenvalue weighted by Crippen LogP contribution is -2.43. The molecular formula is C14H21N3O4. The summed E-state index contributed by atoms with van der Waals surface area (Å²) in [7, 11) is 0. The summed E-state index contributed by atoms with van der Waals surface area (Å²) in [6, 6.07) is 1.66. The quantitative estimate of drug-likeness (QED) is 0.822. The van der Waals surface area contributed by atoms with Gasteiger partial charge in [-0.1, -0.05) is 5.16 Å². The summed E-state index contributed by atoms with van der Waals surface area (Å²) in [5.41, 5.74) is 0. The third-order valence-electron chi connectivity index (χ3n) is 3.39. The van der Waals surface area contributed by atoms with Gasteiger partial charge >= 0.3 is 5.97 Å². The fourth-order valence-electron chi connectivity index (χ4n) is 2.46. The molecule has 0 radical (unpaired) electrons. The van der Waals surface area contributed by atoms with E-state index < -0.39 is 0 Å². The van der Waals surface area contributed by atoms with Crippen LogP contribution in [-0.4, -0.2) is 48.2 Å². The number of rotatable bonds is 5. The van der Waals surface area contributed by atoms with Gasteiger partial charge in [0.2, 0.25) is 5.91 Å². The number of aromatic nitrogens is 1. The molecule has 2 heterocycles. The fourth-order valence-corrected chi connectivity index (χ4v) is 2.46. The van der Waals surface area contributed by atoms with Gasteiger partial charge in [0.15, 0.2) is 5.82 Å². The van der Waals surface area contributed by atoms with Crippen molar-refractivity contribution in [3.63, 3.8) is 0 Å². The van der Waals surface area contributed by atoms with E-state index in [2.05, 4.69) is 10.5 Å². The van der Waals surface area contributed by atoms with Gasteiger partial charge in [-0.05, 0) is 33.2 Å². The van der Waals surface area contributed by atoms with Crippen LogP contribution in [0, 0.1) is 12.8 Å². The van der Waals surface area contributed by atoms with E-state index in [0.29, 0.717) is 24.7 Å². The van der Waals surface area contributed by atoms with E-state index in [1.807, 2.05) is 4.90 Å². The molecule has 0 saturated carbocycles. The molecular weight excluding hydrogens is 274 g/mol. The second-order valence-corrected chi connectivity index (χ2v) is 5.20. The number of hydrogen-bond donors (Lipinski definition) is 1. The molecule has 1 amide bonds. The summed E-state index contributed by atoms with van der Waals surface area (Å²) in [6.07, 6.45) is 1.71. The van der Waals surface area contributed by atoms with Gasteiger partial charge in [-0.15, -0.1) is 0 Å². The van der Waals surface area contributed by atoms with Crippen LogP contribution in [0.1, 0.15) is 25.5 Å². The monoisotopic (exact) mass is 295 g/mol. The van der Waals surface area contributed by atoms with Crippen molar-refractivity contribution < 1.29 is 18.8 Å². The molecule has 116 valence electrons. The highest BCUT2D eigenvalue weighted by Crippen LogP contribution is 2.18. The first kappa shape index (κ1) is 15.5. The van der Waals surface area contributed by atoms with E-state index in [9.17, 15) is 9.59 Å². The minimum absolute atomic E-state index is 0.138. The number of nitrogens with zero attached hydrogens (tertiary/aromatic N) is 2. The van der Waals surface area contributed by atoms with Crippen molar-refractivity contribution in [2.45, 2.75) is 26.7 Å². The van der Waals surface area contributed by atoms with Crippen LogP contribution in [0.15, 0.2) is 10.6 Å². The molecule has 0 aliphatic carbocycles. The highest BCUT2D eigenvalue weighted by Gasteiger charge is 2.27. The topological polar surface area (TPSA) is 84.7 Å². The standard InChI is InChI=1S/C14H21N3O4/c1-3-20-14(19)11-5-4-6-17(8-11)9-13(18)15-12-7-10(2)21-16-12/h7,11H,3-6,8-9H2,1-2H3,(H,15,16,18). The molecule has 21 heavy (non-hydrogen) atoms. The summed E-state index contributed by atoms with van der Waals surface area (Å²) < 4.78 is 9.94. The van der Waals surface area contributed by atoms with Gasteiger partial charge in [0.25, 0.3) is 0 Å². The van der Waals surface area contributed by atoms with Crippen LogP contribution in [0.3, 0.4) is 0 Å². The number of nitrogens with one attached hydrogen (secondary N) is 1. The Morgan fingerprint density at radius 1 is 1.57 bits per heavy atom. The number of esters is 1. The van der Waals surface area contributed by atoms with Gasteiger partial charge in [-0.2, -0.15) is 0 Å². The molecule has 1 unspecified atom stereocenters. The maximum atomic E-state index is 11.9. The van der Waals surface area contributed by atoms with Crippen molar-refractivity contribution in [1.29, 1.82) is 0 Å². The van der Waals surface area contributed by atoms with Gasteiger partial charge in [0.1, 0.15) is 5.76 Å². The van der Waals surface area contributed by atoms with E-state index in [1.165, 1.54) is 0 Å². The Labute approximate surface area is 123 Å². The lowest BCUT2D eigenvalue weighted by Gasteiger charge is -2.30. The summed E-state index contributed by atoms with van der Waals surface area (Å²) in [5.74, 6) is 0.588. The molecule has 0 spiro atoms. The second kappa shape index (κ2) is 7.21. The Morgan fingerprint density at radius 2 is 2.38 bits per heavy atom. The van der Waals surface area contributed by atoms with Gasteiger partial charge < -0.3 is 14.6 Å². The Hall–Kier alpha value is -1.89. The SMILES string of the molecule is CCOC(=O)C1CCCN(CC(=O)Nc2cc(C)on2)C1. The van der Waals surface area contributed by atoms with Crippen molar-refractivity contribution in [2.75, 3.05) is 31.6 Å². The number of aryl methyl sites for hydroxylation is 1. The molecule has 1 fully saturated rings. The van der Waals surface area contributed by atoms with Gasteiger partial charge in [-0.25, -0.2) is 0 Å². The van der Waals surface area contributed by atoms with Gasteiger partial charge in [0.05, 0.1) is 19.1 Å². The first-order valence-electron chi connectivity index (χ1n) is 7.20. The number of anilines is 1. The summed E-state index contributed by atoms with van der Waals surface area (Å²) in [6.45, 7) is 5.55. The third-order valence-corrected chi connectivity index (χ3v) is 3.39. The van der Waals surface area contributed by atoms with E-state index in [4.69, 9.17) is 9.26 Å². The molecule has 0 aromatic carbocycles. The summed E-state index contributed by atoms with van der Waals surface area (Å²) in [5, 5.41) is 6.39. The number of carbonyl (C=O) groups excluding carboxylic acids is 2. The molecule has 1 aromatic heterocycles. The predicted octanol–water partition coefficient (Wildman–Crippen LogP) is 1.20. The largest absolute Gasteiger partial charge is 0.466 e. The zero-order valence-corrected chi connectivity index (χ0v) is 12.4. The van der Waals surface area contributed by atoms with Crippen LogP contribution in [0.5, 0.6) is 0 Å². The normalized spacial score (nSPS) is 19.2. The molecule has 7 heteroatoms. The molecule has 1 atom stereocenters.